The number of aliphatic imine (C=N–C) groups is 1. The third-order valence-electron chi connectivity index (χ3n) is 2.68. The number of hydrogen-bond donors (Lipinski definition) is 2. The molecule has 0 atom stereocenters. The lowest BCUT2D eigenvalue weighted by Crippen LogP contribution is -2.30. The molecule has 0 saturated carbocycles. The van der Waals surface area contributed by atoms with Crippen molar-refractivity contribution in [1.82, 2.24) is 4.57 Å². The summed E-state index contributed by atoms with van der Waals surface area (Å²) in [6.45, 7) is 7.35. The predicted octanol–water partition coefficient (Wildman–Crippen LogP) is 1.70. The number of nitrogens with two attached hydrogens (primary N) is 1. The van der Waals surface area contributed by atoms with E-state index in [0.29, 0.717) is 11.5 Å². The molecule has 1 heterocycles. The van der Waals surface area contributed by atoms with Gasteiger partial charge in [-0.2, -0.15) is 0 Å². The largest absolute Gasteiger partial charge is 0.385 e. The molecule has 94 valence electrons. The number of aliphatic hydroxyl groups is 1. The highest BCUT2D eigenvalue weighted by atomic mass is 16.3. The molecule has 0 saturated heterocycles. The first-order valence-corrected chi connectivity index (χ1v) is 5.59. The van der Waals surface area contributed by atoms with Crippen LogP contribution in [0.4, 0.5) is 0 Å². The van der Waals surface area contributed by atoms with Gasteiger partial charge in [0.1, 0.15) is 11.4 Å². The van der Waals surface area contributed by atoms with Crippen LogP contribution in [0.25, 0.3) is 5.82 Å². The molecular weight excluding hydrogens is 214 g/mol. The minimum absolute atomic E-state index is 0.558. The maximum Gasteiger partial charge on any atom is 0.109 e. The Morgan fingerprint density at radius 1 is 1.35 bits per heavy atom. The summed E-state index contributed by atoms with van der Waals surface area (Å²) < 4.78 is 1.93. The van der Waals surface area contributed by atoms with E-state index < -0.39 is 5.60 Å². The van der Waals surface area contributed by atoms with Gasteiger partial charge in [-0.1, -0.05) is 0 Å². The molecular formula is C13H21N3O. The van der Waals surface area contributed by atoms with E-state index in [1.807, 2.05) is 30.5 Å². The summed E-state index contributed by atoms with van der Waals surface area (Å²) in [7, 11) is 1.65. The van der Waals surface area contributed by atoms with Gasteiger partial charge < -0.3 is 15.4 Å². The van der Waals surface area contributed by atoms with Crippen LogP contribution in [0.3, 0.4) is 0 Å². The fourth-order valence-electron chi connectivity index (χ4n) is 1.80. The van der Waals surface area contributed by atoms with Gasteiger partial charge in [0, 0.05) is 24.5 Å². The summed E-state index contributed by atoms with van der Waals surface area (Å²) >= 11 is 0. The van der Waals surface area contributed by atoms with Crippen LogP contribution in [-0.4, -0.2) is 28.0 Å². The molecule has 0 bridgehead atoms. The van der Waals surface area contributed by atoms with Crippen LogP contribution in [-0.2, 0) is 0 Å². The van der Waals surface area contributed by atoms with Gasteiger partial charge in [-0.05, 0) is 39.8 Å². The summed E-state index contributed by atoms with van der Waals surface area (Å²) in [6.07, 6.45) is 1.71. The lowest BCUT2D eigenvalue weighted by molar-refractivity contribution is 0.155. The molecule has 1 rings (SSSR count). The molecule has 3 N–H and O–H groups in total. The SMILES string of the molecule is CN=C(C=C(N)n1c(C)ccc1C)C(C)(C)O. The van der Waals surface area contributed by atoms with E-state index in [-0.39, 0.29) is 0 Å². The number of nitrogens with zero attached hydrogens (tertiary/aromatic N) is 2. The molecule has 0 aliphatic carbocycles. The van der Waals surface area contributed by atoms with Gasteiger partial charge in [-0.15, -0.1) is 0 Å². The zero-order valence-corrected chi connectivity index (χ0v) is 11.2. The summed E-state index contributed by atoms with van der Waals surface area (Å²) in [4.78, 5) is 4.07. The van der Waals surface area contributed by atoms with Gasteiger partial charge in [0.25, 0.3) is 0 Å². The molecule has 0 unspecified atom stereocenters. The second kappa shape index (κ2) is 4.75. The van der Waals surface area contributed by atoms with E-state index in [2.05, 4.69) is 4.99 Å². The van der Waals surface area contributed by atoms with Crippen LogP contribution in [0.15, 0.2) is 23.2 Å². The molecule has 0 spiro atoms. The highest BCUT2D eigenvalue weighted by Crippen LogP contribution is 2.13. The Morgan fingerprint density at radius 2 is 1.82 bits per heavy atom. The third-order valence-corrected chi connectivity index (χ3v) is 2.68. The molecule has 0 radical (unpaired) electrons. The number of hydrogen-bond acceptors (Lipinski definition) is 3. The molecule has 0 aliphatic heterocycles. The maximum atomic E-state index is 9.92. The van der Waals surface area contributed by atoms with Crippen molar-refractivity contribution >= 4 is 11.5 Å². The van der Waals surface area contributed by atoms with Crippen LogP contribution in [0.1, 0.15) is 25.2 Å². The molecule has 4 nitrogen and oxygen atoms in total. The molecule has 1 aromatic heterocycles. The maximum absolute atomic E-state index is 9.92. The Kier molecular flexibility index (Phi) is 3.78. The fourth-order valence-corrected chi connectivity index (χ4v) is 1.80. The van der Waals surface area contributed by atoms with Gasteiger partial charge in [-0.3, -0.25) is 4.99 Å². The molecule has 0 amide bonds. The van der Waals surface area contributed by atoms with Gasteiger partial charge in [0.15, 0.2) is 0 Å². The van der Waals surface area contributed by atoms with Gasteiger partial charge in [0.05, 0.1) is 5.71 Å². The molecule has 17 heavy (non-hydrogen) atoms. The van der Waals surface area contributed by atoms with E-state index in [1.54, 1.807) is 27.0 Å². The summed E-state index contributed by atoms with van der Waals surface area (Å²) in [5, 5.41) is 9.92. The van der Waals surface area contributed by atoms with Gasteiger partial charge >= 0.3 is 0 Å². The fraction of sp³-hybridized carbons (Fsp3) is 0.462. The standard InChI is InChI=1S/C13H21N3O/c1-9-6-7-10(2)16(9)12(14)8-11(15-5)13(3,4)17/h6-8,17H,14H2,1-5H3. The first kappa shape index (κ1) is 13.5. The minimum Gasteiger partial charge on any atom is -0.385 e. The number of aryl methyl sites for hydroxylation is 2. The first-order valence-electron chi connectivity index (χ1n) is 5.59. The molecule has 0 aromatic carbocycles. The van der Waals surface area contributed by atoms with Crippen molar-refractivity contribution in [2.24, 2.45) is 10.7 Å². The van der Waals surface area contributed by atoms with Crippen LogP contribution in [0.5, 0.6) is 0 Å². The lowest BCUT2D eigenvalue weighted by atomic mass is 10.0. The molecule has 0 fully saturated rings. The van der Waals surface area contributed by atoms with Crippen LogP contribution < -0.4 is 5.73 Å². The summed E-state index contributed by atoms with van der Waals surface area (Å²) in [6, 6.07) is 4.01. The third kappa shape index (κ3) is 2.97. The van der Waals surface area contributed by atoms with Crippen molar-refractivity contribution in [3.05, 3.63) is 29.6 Å². The van der Waals surface area contributed by atoms with Crippen LogP contribution >= 0.6 is 0 Å². The highest BCUT2D eigenvalue weighted by molar-refractivity contribution is 6.04. The normalized spacial score (nSPS) is 14.2. The van der Waals surface area contributed by atoms with Gasteiger partial charge in [0.2, 0.25) is 0 Å². The van der Waals surface area contributed by atoms with Crippen molar-refractivity contribution in [2.45, 2.75) is 33.3 Å². The Bertz CT molecular complexity index is 442. The van der Waals surface area contributed by atoms with Gasteiger partial charge in [-0.25, -0.2) is 0 Å². The minimum atomic E-state index is -0.992. The van der Waals surface area contributed by atoms with Crippen molar-refractivity contribution in [3.63, 3.8) is 0 Å². The Hall–Kier alpha value is -1.55. The summed E-state index contributed by atoms with van der Waals surface area (Å²) in [5.41, 5.74) is 7.73. The summed E-state index contributed by atoms with van der Waals surface area (Å²) in [5.74, 6) is 0.563. The second-order valence-electron chi connectivity index (χ2n) is 4.69. The first-order chi connectivity index (χ1) is 7.77. The quantitative estimate of drug-likeness (QED) is 0.783. The molecule has 1 aromatic rings. The lowest BCUT2D eigenvalue weighted by Gasteiger charge is -2.18. The van der Waals surface area contributed by atoms with E-state index >= 15 is 0 Å². The Balaban J connectivity index is 3.18. The van der Waals surface area contributed by atoms with Crippen LogP contribution in [0.2, 0.25) is 0 Å². The van der Waals surface area contributed by atoms with Crippen molar-refractivity contribution < 1.29 is 5.11 Å². The number of rotatable bonds is 3. The van der Waals surface area contributed by atoms with Crippen molar-refractivity contribution in [3.8, 4) is 0 Å². The topological polar surface area (TPSA) is 63.5 Å². The van der Waals surface area contributed by atoms with E-state index in [9.17, 15) is 5.11 Å². The predicted molar refractivity (Wildman–Crippen MR) is 72.0 cm³/mol. The average molecular weight is 235 g/mol. The zero-order chi connectivity index (χ0) is 13.2. The molecule has 4 heteroatoms. The molecule has 0 aliphatic rings. The van der Waals surface area contributed by atoms with Crippen molar-refractivity contribution in [1.29, 1.82) is 0 Å². The second-order valence-corrected chi connectivity index (χ2v) is 4.69. The van der Waals surface area contributed by atoms with E-state index in [4.69, 9.17) is 5.73 Å². The monoisotopic (exact) mass is 235 g/mol. The zero-order valence-electron chi connectivity index (χ0n) is 11.2. The van der Waals surface area contributed by atoms with Crippen molar-refractivity contribution in [2.75, 3.05) is 7.05 Å². The number of aromatic nitrogens is 1. The Labute approximate surface area is 102 Å². The smallest absolute Gasteiger partial charge is 0.109 e. The highest BCUT2D eigenvalue weighted by Gasteiger charge is 2.19. The Morgan fingerprint density at radius 3 is 2.18 bits per heavy atom. The average Bonchev–Trinajstić information content (AvgIpc) is 2.53. The van der Waals surface area contributed by atoms with Crippen LogP contribution in [0, 0.1) is 13.8 Å². The van der Waals surface area contributed by atoms with E-state index in [1.165, 1.54) is 0 Å². The van der Waals surface area contributed by atoms with E-state index in [0.717, 1.165) is 11.4 Å².